The van der Waals surface area contributed by atoms with Crippen LogP contribution in [0.3, 0.4) is 0 Å². The summed E-state index contributed by atoms with van der Waals surface area (Å²) in [6, 6.07) is 18.4. The van der Waals surface area contributed by atoms with Crippen molar-refractivity contribution in [2.24, 2.45) is 0 Å². The Labute approximate surface area is 147 Å². The first-order chi connectivity index (χ1) is 11.8. The fraction of sp³-hybridized carbons (Fsp3) is 0.263. The number of thioether (sulfide) groups is 1. The van der Waals surface area contributed by atoms with Gasteiger partial charge in [-0.25, -0.2) is 0 Å². The molecule has 0 atom stereocenters. The van der Waals surface area contributed by atoms with Crippen LogP contribution in [0.5, 0.6) is 0 Å². The summed E-state index contributed by atoms with van der Waals surface area (Å²) in [5, 5.41) is 9.85. The van der Waals surface area contributed by atoms with Crippen LogP contribution in [-0.4, -0.2) is 20.5 Å². The zero-order chi connectivity index (χ0) is 16.8. The van der Waals surface area contributed by atoms with E-state index in [2.05, 4.69) is 58.1 Å². The van der Waals surface area contributed by atoms with Crippen LogP contribution in [-0.2, 0) is 13.0 Å². The normalized spacial score (nSPS) is 10.9. The lowest BCUT2D eigenvalue weighted by atomic mass is 10.1. The van der Waals surface area contributed by atoms with Gasteiger partial charge in [-0.1, -0.05) is 61.2 Å². The zero-order valence-electron chi connectivity index (χ0n) is 13.9. The highest BCUT2D eigenvalue weighted by atomic mass is 32.2. The number of hydrogen-bond donors (Lipinski definition) is 1. The molecule has 124 valence electrons. The number of benzene rings is 2. The summed E-state index contributed by atoms with van der Waals surface area (Å²) in [4.78, 5) is 0. The molecule has 0 radical (unpaired) electrons. The molecule has 0 aliphatic carbocycles. The average molecular weight is 338 g/mol. The number of nitrogens with zero attached hydrogens (tertiary/aromatic N) is 3. The van der Waals surface area contributed by atoms with Crippen molar-refractivity contribution in [3.05, 3.63) is 71.5 Å². The van der Waals surface area contributed by atoms with Crippen LogP contribution in [0.2, 0.25) is 0 Å². The highest BCUT2D eigenvalue weighted by Crippen LogP contribution is 2.21. The Morgan fingerprint density at radius 2 is 1.71 bits per heavy atom. The van der Waals surface area contributed by atoms with Gasteiger partial charge in [0.1, 0.15) is 5.82 Å². The largest absolute Gasteiger partial charge is 0.399 e. The average Bonchev–Trinajstić information content (AvgIpc) is 2.97. The van der Waals surface area contributed by atoms with E-state index in [0.29, 0.717) is 0 Å². The molecule has 0 bridgehead atoms. The van der Waals surface area contributed by atoms with Crippen molar-refractivity contribution in [1.29, 1.82) is 0 Å². The van der Waals surface area contributed by atoms with Crippen molar-refractivity contribution in [3.8, 4) is 0 Å². The first kappa shape index (κ1) is 16.6. The topological polar surface area (TPSA) is 56.7 Å². The first-order valence-electron chi connectivity index (χ1n) is 8.19. The Bertz CT molecular complexity index is 766. The number of nitrogen functional groups attached to an aromatic ring is 1. The van der Waals surface area contributed by atoms with E-state index in [1.165, 1.54) is 11.1 Å². The standard InChI is InChI=1S/C19H22N4S/c1-2-12-24-19-22-21-18(13-15-6-4-3-5-7-15)23(19)14-16-8-10-17(20)11-9-16/h3-11H,2,12-14,20H2,1H3. The van der Waals surface area contributed by atoms with Crippen LogP contribution < -0.4 is 5.73 Å². The molecular weight excluding hydrogens is 316 g/mol. The van der Waals surface area contributed by atoms with Crippen LogP contribution in [0, 0.1) is 0 Å². The summed E-state index contributed by atoms with van der Waals surface area (Å²) >= 11 is 1.77. The van der Waals surface area contributed by atoms with Crippen molar-refractivity contribution < 1.29 is 0 Å². The third-order valence-electron chi connectivity index (χ3n) is 3.75. The van der Waals surface area contributed by atoms with Gasteiger partial charge in [-0.2, -0.15) is 0 Å². The van der Waals surface area contributed by atoms with Gasteiger partial charge in [0.05, 0.1) is 6.54 Å². The van der Waals surface area contributed by atoms with Crippen molar-refractivity contribution >= 4 is 17.4 Å². The minimum absolute atomic E-state index is 0.765. The lowest BCUT2D eigenvalue weighted by molar-refractivity contribution is 0.676. The quantitative estimate of drug-likeness (QED) is 0.522. The maximum Gasteiger partial charge on any atom is 0.191 e. The first-order valence-corrected chi connectivity index (χ1v) is 9.18. The molecule has 0 amide bonds. The van der Waals surface area contributed by atoms with Gasteiger partial charge in [-0.05, 0) is 29.7 Å². The maximum absolute atomic E-state index is 5.79. The SMILES string of the molecule is CCCSc1nnc(Cc2ccccc2)n1Cc1ccc(N)cc1. The van der Waals surface area contributed by atoms with Crippen molar-refractivity contribution in [2.75, 3.05) is 11.5 Å². The fourth-order valence-electron chi connectivity index (χ4n) is 2.49. The van der Waals surface area contributed by atoms with Gasteiger partial charge in [-0.3, -0.25) is 0 Å². The molecule has 0 aliphatic rings. The van der Waals surface area contributed by atoms with Gasteiger partial charge in [-0.15, -0.1) is 10.2 Å². The summed E-state index contributed by atoms with van der Waals surface area (Å²) in [7, 11) is 0. The number of anilines is 1. The van der Waals surface area contributed by atoms with E-state index in [9.17, 15) is 0 Å². The van der Waals surface area contributed by atoms with Gasteiger partial charge in [0.15, 0.2) is 5.16 Å². The summed E-state index contributed by atoms with van der Waals surface area (Å²) < 4.78 is 2.22. The molecular formula is C19H22N4S. The van der Waals surface area contributed by atoms with Crippen molar-refractivity contribution in [3.63, 3.8) is 0 Å². The second kappa shape index (κ2) is 8.02. The Hall–Kier alpha value is -2.27. The minimum atomic E-state index is 0.765. The maximum atomic E-state index is 5.79. The van der Waals surface area contributed by atoms with E-state index < -0.39 is 0 Å². The molecule has 5 heteroatoms. The Kier molecular flexibility index (Phi) is 5.54. The van der Waals surface area contributed by atoms with E-state index >= 15 is 0 Å². The second-order valence-corrected chi connectivity index (χ2v) is 6.80. The molecule has 2 aromatic carbocycles. The van der Waals surface area contributed by atoms with Crippen LogP contribution in [0.25, 0.3) is 0 Å². The Balaban J connectivity index is 1.87. The molecule has 0 fully saturated rings. The summed E-state index contributed by atoms with van der Waals surface area (Å²) in [5.74, 6) is 2.04. The van der Waals surface area contributed by atoms with Crippen molar-refractivity contribution in [1.82, 2.24) is 14.8 Å². The monoisotopic (exact) mass is 338 g/mol. The third kappa shape index (κ3) is 4.17. The number of rotatable bonds is 7. The second-order valence-electron chi connectivity index (χ2n) is 5.74. The van der Waals surface area contributed by atoms with Crippen LogP contribution in [0.15, 0.2) is 59.8 Å². The van der Waals surface area contributed by atoms with Crippen LogP contribution in [0.4, 0.5) is 5.69 Å². The molecule has 1 heterocycles. The number of hydrogen-bond acceptors (Lipinski definition) is 4. The van der Waals surface area contributed by atoms with E-state index in [0.717, 1.165) is 41.8 Å². The molecule has 0 spiro atoms. The highest BCUT2D eigenvalue weighted by Gasteiger charge is 2.13. The van der Waals surface area contributed by atoms with Gasteiger partial charge in [0.2, 0.25) is 0 Å². The lowest BCUT2D eigenvalue weighted by Gasteiger charge is -2.10. The van der Waals surface area contributed by atoms with E-state index in [1.807, 2.05) is 18.2 Å². The third-order valence-corrected chi connectivity index (χ3v) is 4.93. The minimum Gasteiger partial charge on any atom is -0.399 e. The molecule has 2 N–H and O–H groups in total. The summed E-state index contributed by atoms with van der Waals surface area (Å²) in [5.41, 5.74) is 9.03. The Morgan fingerprint density at radius 3 is 2.42 bits per heavy atom. The fourth-order valence-corrected chi connectivity index (χ4v) is 3.30. The van der Waals surface area contributed by atoms with Gasteiger partial charge in [0, 0.05) is 17.9 Å². The Morgan fingerprint density at radius 1 is 0.958 bits per heavy atom. The predicted molar refractivity (Wildman–Crippen MR) is 100 cm³/mol. The van der Waals surface area contributed by atoms with E-state index in [4.69, 9.17) is 5.73 Å². The summed E-state index contributed by atoms with van der Waals surface area (Å²) in [6.07, 6.45) is 1.91. The molecule has 0 saturated carbocycles. The van der Waals surface area contributed by atoms with E-state index in [-0.39, 0.29) is 0 Å². The molecule has 24 heavy (non-hydrogen) atoms. The van der Waals surface area contributed by atoms with Crippen LogP contribution >= 0.6 is 11.8 Å². The molecule has 4 nitrogen and oxygen atoms in total. The van der Waals surface area contributed by atoms with Crippen molar-refractivity contribution in [2.45, 2.75) is 31.5 Å². The smallest absolute Gasteiger partial charge is 0.191 e. The van der Waals surface area contributed by atoms with E-state index in [1.54, 1.807) is 11.8 Å². The van der Waals surface area contributed by atoms with Crippen LogP contribution in [0.1, 0.15) is 30.3 Å². The van der Waals surface area contributed by atoms with Gasteiger partial charge >= 0.3 is 0 Å². The zero-order valence-corrected chi connectivity index (χ0v) is 14.7. The van der Waals surface area contributed by atoms with Gasteiger partial charge < -0.3 is 10.3 Å². The molecule has 0 saturated heterocycles. The molecule has 1 aromatic heterocycles. The molecule has 3 aromatic rings. The van der Waals surface area contributed by atoms with Gasteiger partial charge in [0.25, 0.3) is 0 Å². The number of nitrogens with two attached hydrogens (primary N) is 1. The lowest BCUT2D eigenvalue weighted by Crippen LogP contribution is -2.07. The number of aromatic nitrogens is 3. The molecule has 0 unspecified atom stereocenters. The summed E-state index contributed by atoms with van der Waals surface area (Å²) in [6.45, 7) is 2.94. The molecule has 3 rings (SSSR count). The molecule has 0 aliphatic heterocycles. The predicted octanol–water partition coefficient (Wildman–Crippen LogP) is 4.00. The highest BCUT2D eigenvalue weighted by molar-refractivity contribution is 7.99.